The van der Waals surface area contributed by atoms with Gasteiger partial charge in [-0.2, -0.15) is 13.2 Å². The number of nitrogens with zero attached hydrogens (tertiary/aromatic N) is 4. The fourth-order valence-electron chi connectivity index (χ4n) is 4.26. The van der Waals surface area contributed by atoms with Crippen LogP contribution >= 0.6 is 0 Å². The number of fused-ring (bicyclic) bond motifs is 1. The summed E-state index contributed by atoms with van der Waals surface area (Å²) in [5, 5.41) is 0.620. The highest BCUT2D eigenvalue weighted by atomic mass is 19.4. The highest BCUT2D eigenvalue weighted by Crippen LogP contribution is 2.41. The van der Waals surface area contributed by atoms with Crippen LogP contribution in [0.25, 0.3) is 16.6 Å². The molecule has 170 valence electrons. The lowest BCUT2D eigenvalue weighted by atomic mass is 9.90. The van der Waals surface area contributed by atoms with Crippen LogP contribution in [-0.2, 0) is 11.8 Å². The van der Waals surface area contributed by atoms with E-state index in [4.69, 9.17) is 9.72 Å². The molecule has 2 atom stereocenters. The summed E-state index contributed by atoms with van der Waals surface area (Å²) in [6.07, 6.45) is -1.80. The maximum Gasteiger partial charge on any atom is 0.420 e. The van der Waals surface area contributed by atoms with Crippen LogP contribution in [-0.4, -0.2) is 32.3 Å². The normalized spacial score (nSPS) is 20.9. The molecule has 0 saturated carbocycles. The summed E-state index contributed by atoms with van der Waals surface area (Å²) in [5.74, 6) is 0.488. The minimum absolute atomic E-state index is 0.0572. The summed E-state index contributed by atoms with van der Waals surface area (Å²) in [7, 11) is 1.69. The van der Waals surface area contributed by atoms with Crippen molar-refractivity contribution in [1.29, 1.82) is 0 Å². The molecule has 3 aromatic rings. The molecular formula is C24H21F3N4O2. The molecule has 1 saturated heterocycles. The Balaban J connectivity index is 1.55. The molecule has 0 unspecified atom stereocenters. The third-order valence-corrected chi connectivity index (χ3v) is 6.13. The molecule has 0 aromatic carbocycles. The summed E-state index contributed by atoms with van der Waals surface area (Å²) in [5.41, 5.74) is 4.67. The average Bonchev–Trinajstić information content (AvgIpc) is 2.73. The van der Waals surface area contributed by atoms with Gasteiger partial charge in [-0.25, -0.2) is 15.0 Å². The molecule has 0 N–H and O–H groups in total. The van der Waals surface area contributed by atoms with Crippen molar-refractivity contribution in [3.8, 4) is 0 Å². The second-order valence-electron chi connectivity index (χ2n) is 8.50. The summed E-state index contributed by atoms with van der Waals surface area (Å²) in [4.78, 5) is 25.6. The zero-order valence-corrected chi connectivity index (χ0v) is 18.1. The maximum absolute atomic E-state index is 13.0. The van der Waals surface area contributed by atoms with Crippen LogP contribution in [0.4, 0.5) is 13.2 Å². The minimum atomic E-state index is -4.38. The number of pyridine rings is 2. The minimum Gasteiger partial charge on any atom is -0.373 e. The van der Waals surface area contributed by atoms with Crippen LogP contribution in [0.15, 0.2) is 46.6 Å². The standard InChI is InChI=1S/C24H21F3N4O2/c1-13-3-5-18-21(16-9-17(10-16)24(25,26)27)29-22(30-23(18)28-13)14-7-8-33-19(11-14)15-4-6-20(32)31(2)12-15/h3-6,12,14,19H,7-9,11H2,1-2H3/t14-,19+/m0/s1. The molecule has 4 heterocycles. The zero-order chi connectivity index (χ0) is 23.3. The molecule has 9 heteroatoms. The van der Waals surface area contributed by atoms with E-state index in [0.29, 0.717) is 47.6 Å². The van der Waals surface area contributed by atoms with Gasteiger partial charge in [-0.15, -0.1) is 5.73 Å². The number of halogens is 3. The van der Waals surface area contributed by atoms with Crippen molar-refractivity contribution in [3.05, 3.63) is 74.9 Å². The van der Waals surface area contributed by atoms with E-state index in [1.165, 1.54) is 10.6 Å². The monoisotopic (exact) mass is 454 g/mol. The first-order valence-corrected chi connectivity index (χ1v) is 10.7. The Morgan fingerprint density at radius 1 is 1.15 bits per heavy atom. The van der Waals surface area contributed by atoms with E-state index in [1.54, 1.807) is 31.4 Å². The predicted octanol–water partition coefficient (Wildman–Crippen LogP) is 4.54. The Bertz CT molecular complexity index is 1390. The topological polar surface area (TPSA) is 69.9 Å². The van der Waals surface area contributed by atoms with E-state index in [0.717, 1.165) is 11.3 Å². The van der Waals surface area contributed by atoms with Gasteiger partial charge in [0.05, 0.1) is 17.4 Å². The number of aromatic nitrogens is 4. The van der Waals surface area contributed by atoms with Gasteiger partial charge >= 0.3 is 6.18 Å². The second kappa shape index (κ2) is 7.93. The molecule has 0 amide bonds. The van der Waals surface area contributed by atoms with Crippen molar-refractivity contribution in [2.45, 2.75) is 44.4 Å². The summed E-state index contributed by atoms with van der Waals surface area (Å²) >= 11 is 0. The van der Waals surface area contributed by atoms with Gasteiger partial charge in [0, 0.05) is 54.9 Å². The van der Waals surface area contributed by atoms with Gasteiger partial charge in [0.15, 0.2) is 5.65 Å². The van der Waals surface area contributed by atoms with Crippen LogP contribution in [0.3, 0.4) is 0 Å². The third-order valence-electron chi connectivity index (χ3n) is 6.13. The summed E-state index contributed by atoms with van der Waals surface area (Å²) in [6, 6.07) is 6.86. The Morgan fingerprint density at radius 2 is 1.94 bits per heavy atom. The van der Waals surface area contributed by atoms with Crippen molar-refractivity contribution in [1.82, 2.24) is 19.5 Å². The number of ether oxygens (including phenoxy) is 1. The molecule has 0 spiro atoms. The Labute approximate surface area is 187 Å². The van der Waals surface area contributed by atoms with E-state index >= 15 is 0 Å². The average molecular weight is 454 g/mol. The van der Waals surface area contributed by atoms with Gasteiger partial charge in [0.2, 0.25) is 5.56 Å². The highest BCUT2D eigenvalue weighted by Gasteiger charge is 2.38. The van der Waals surface area contributed by atoms with Crippen LogP contribution < -0.4 is 5.56 Å². The molecule has 0 radical (unpaired) electrons. The summed E-state index contributed by atoms with van der Waals surface area (Å²) in [6.45, 7) is 2.33. The SMILES string of the molecule is Cc1ccc2c(C3=C=C(C(F)(F)F)C3)nc([C@H]3CCO[C@@H](c4ccc(=O)n(C)c4)C3)nc2n1. The van der Waals surface area contributed by atoms with Crippen LogP contribution in [0.2, 0.25) is 0 Å². The first-order chi connectivity index (χ1) is 15.7. The number of hydrogen-bond donors (Lipinski definition) is 0. The van der Waals surface area contributed by atoms with E-state index in [9.17, 15) is 18.0 Å². The van der Waals surface area contributed by atoms with Gasteiger partial charge in [-0.05, 0) is 43.5 Å². The Kier molecular flexibility index (Phi) is 5.18. The quantitative estimate of drug-likeness (QED) is 0.544. The lowest BCUT2D eigenvalue weighted by molar-refractivity contribution is -0.0934. The molecule has 1 aliphatic carbocycles. The predicted molar refractivity (Wildman–Crippen MR) is 116 cm³/mol. The molecular weight excluding hydrogens is 433 g/mol. The van der Waals surface area contributed by atoms with E-state index in [-0.39, 0.29) is 24.0 Å². The van der Waals surface area contributed by atoms with Crippen molar-refractivity contribution >= 4 is 16.6 Å². The van der Waals surface area contributed by atoms with Gasteiger partial charge < -0.3 is 9.30 Å². The van der Waals surface area contributed by atoms with E-state index in [2.05, 4.69) is 15.7 Å². The number of aryl methyl sites for hydroxylation is 2. The van der Waals surface area contributed by atoms with Crippen molar-refractivity contribution in [2.24, 2.45) is 7.05 Å². The van der Waals surface area contributed by atoms with Crippen molar-refractivity contribution in [3.63, 3.8) is 0 Å². The Morgan fingerprint density at radius 3 is 2.67 bits per heavy atom. The number of rotatable bonds is 3. The Hall–Kier alpha value is -3.29. The zero-order valence-electron chi connectivity index (χ0n) is 18.1. The molecule has 33 heavy (non-hydrogen) atoms. The maximum atomic E-state index is 13.0. The van der Waals surface area contributed by atoms with E-state index in [1.807, 2.05) is 6.92 Å². The van der Waals surface area contributed by atoms with Crippen molar-refractivity contribution < 1.29 is 17.9 Å². The lowest BCUT2D eigenvalue weighted by Crippen LogP contribution is -2.23. The lowest BCUT2D eigenvalue weighted by Gasteiger charge is -2.29. The van der Waals surface area contributed by atoms with Crippen LogP contribution in [0.1, 0.15) is 54.1 Å². The van der Waals surface area contributed by atoms with Gasteiger partial charge in [0.25, 0.3) is 0 Å². The van der Waals surface area contributed by atoms with Crippen LogP contribution in [0, 0.1) is 6.92 Å². The first kappa shape index (κ1) is 21.6. The van der Waals surface area contributed by atoms with Crippen LogP contribution in [0.5, 0.6) is 0 Å². The third kappa shape index (κ3) is 4.10. The second-order valence-corrected chi connectivity index (χ2v) is 8.50. The van der Waals surface area contributed by atoms with Gasteiger partial charge in [-0.1, -0.05) is 0 Å². The molecule has 6 nitrogen and oxygen atoms in total. The van der Waals surface area contributed by atoms with Gasteiger partial charge in [0.1, 0.15) is 5.82 Å². The smallest absolute Gasteiger partial charge is 0.373 e. The van der Waals surface area contributed by atoms with Crippen molar-refractivity contribution in [2.75, 3.05) is 6.61 Å². The van der Waals surface area contributed by atoms with E-state index < -0.39 is 11.7 Å². The fraction of sp³-hybridized carbons (Fsp3) is 0.375. The number of allylic oxidation sites excluding steroid dienone is 1. The fourth-order valence-corrected chi connectivity index (χ4v) is 4.26. The molecule has 2 aliphatic rings. The summed E-state index contributed by atoms with van der Waals surface area (Å²) < 4.78 is 46.4. The highest BCUT2D eigenvalue weighted by molar-refractivity contribution is 5.90. The number of hydrogen-bond acceptors (Lipinski definition) is 5. The molecule has 1 fully saturated rings. The largest absolute Gasteiger partial charge is 0.420 e. The molecule has 0 bridgehead atoms. The molecule has 5 rings (SSSR count). The first-order valence-electron chi connectivity index (χ1n) is 10.7. The number of alkyl halides is 3. The molecule has 1 aliphatic heterocycles. The van der Waals surface area contributed by atoms with Gasteiger partial charge in [-0.3, -0.25) is 4.79 Å². The molecule has 3 aromatic heterocycles.